The second-order valence-corrected chi connectivity index (χ2v) is 5.53. The molecule has 1 N–H and O–H groups in total. The number of benzene rings is 1. The summed E-state index contributed by atoms with van der Waals surface area (Å²) in [6, 6.07) is 6.70. The topological polar surface area (TPSA) is 39.7 Å². The molecule has 2 rings (SSSR count). The Morgan fingerprint density at radius 3 is 2.52 bits per heavy atom. The Kier molecular flexibility index (Phi) is 5.13. The number of nitrogens with one attached hydrogen (secondary N) is 1. The molecule has 0 bridgehead atoms. The van der Waals surface area contributed by atoms with Gasteiger partial charge < -0.3 is 19.5 Å². The predicted octanol–water partition coefficient (Wildman–Crippen LogP) is 3.09. The van der Waals surface area contributed by atoms with Crippen molar-refractivity contribution in [1.29, 1.82) is 0 Å². The molecule has 1 saturated heterocycles. The molecule has 0 amide bonds. The molecule has 0 radical (unpaired) electrons. The maximum atomic E-state index is 12.1. The number of rotatable bonds is 6. The third kappa shape index (κ3) is 4.91. The van der Waals surface area contributed by atoms with E-state index >= 15 is 0 Å². The van der Waals surface area contributed by atoms with Gasteiger partial charge in [-0.05, 0) is 38.5 Å². The molecule has 21 heavy (non-hydrogen) atoms. The number of alkyl halides is 2. The summed E-state index contributed by atoms with van der Waals surface area (Å²) in [5, 5.41) is 3.34. The van der Waals surface area contributed by atoms with Gasteiger partial charge in [0.2, 0.25) is 0 Å². The first kappa shape index (κ1) is 16.1. The minimum absolute atomic E-state index is 0.0175. The highest BCUT2D eigenvalue weighted by Crippen LogP contribution is 2.23. The van der Waals surface area contributed by atoms with Crippen molar-refractivity contribution in [2.75, 3.05) is 13.2 Å². The lowest BCUT2D eigenvalue weighted by atomic mass is 10.1. The third-order valence-corrected chi connectivity index (χ3v) is 3.32. The van der Waals surface area contributed by atoms with Gasteiger partial charge in [0.15, 0.2) is 5.79 Å². The first-order valence-corrected chi connectivity index (χ1v) is 6.96. The molecule has 0 aromatic heterocycles. The summed E-state index contributed by atoms with van der Waals surface area (Å²) in [4.78, 5) is 0. The molecule has 6 heteroatoms. The number of hydrogen-bond donors (Lipinski definition) is 1. The fourth-order valence-corrected chi connectivity index (χ4v) is 2.23. The minimum Gasteiger partial charge on any atom is -0.435 e. The van der Waals surface area contributed by atoms with Gasteiger partial charge in [0.25, 0.3) is 0 Å². The van der Waals surface area contributed by atoms with E-state index in [9.17, 15) is 8.78 Å². The summed E-state index contributed by atoms with van der Waals surface area (Å²) in [5.41, 5.74) is 0.995. The van der Waals surface area contributed by atoms with Crippen molar-refractivity contribution in [2.45, 2.75) is 45.3 Å². The molecule has 4 nitrogen and oxygen atoms in total. The van der Waals surface area contributed by atoms with E-state index in [1.807, 2.05) is 20.8 Å². The maximum absolute atomic E-state index is 12.1. The first-order valence-electron chi connectivity index (χ1n) is 6.96. The normalized spacial score (nSPS) is 22.5. The molecule has 2 atom stereocenters. The Labute approximate surface area is 123 Å². The second-order valence-electron chi connectivity index (χ2n) is 5.53. The zero-order valence-corrected chi connectivity index (χ0v) is 12.4. The Bertz CT molecular complexity index is 451. The van der Waals surface area contributed by atoms with Crippen LogP contribution in [0.3, 0.4) is 0 Å². The molecular formula is C15H21F2NO3. The number of hydrogen-bond acceptors (Lipinski definition) is 4. The van der Waals surface area contributed by atoms with Gasteiger partial charge in [0.05, 0.1) is 12.7 Å². The average Bonchev–Trinajstić information content (AvgIpc) is 2.76. The molecular weight excluding hydrogens is 280 g/mol. The van der Waals surface area contributed by atoms with E-state index in [0.717, 1.165) is 5.56 Å². The van der Waals surface area contributed by atoms with Crippen LogP contribution in [0.2, 0.25) is 0 Å². The average molecular weight is 301 g/mol. The summed E-state index contributed by atoms with van der Waals surface area (Å²) >= 11 is 0. The summed E-state index contributed by atoms with van der Waals surface area (Å²) in [5.74, 6) is -0.362. The van der Waals surface area contributed by atoms with Crippen LogP contribution >= 0.6 is 0 Å². The monoisotopic (exact) mass is 301 g/mol. The molecule has 1 fully saturated rings. The molecule has 1 aromatic carbocycles. The lowest BCUT2D eigenvalue weighted by Gasteiger charge is -2.19. The summed E-state index contributed by atoms with van der Waals surface area (Å²) in [7, 11) is 0. The van der Waals surface area contributed by atoms with Gasteiger partial charge in [0, 0.05) is 12.6 Å². The van der Waals surface area contributed by atoms with Crippen molar-refractivity contribution < 1.29 is 23.0 Å². The Balaban J connectivity index is 1.82. The van der Waals surface area contributed by atoms with Crippen molar-refractivity contribution in [1.82, 2.24) is 5.32 Å². The van der Waals surface area contributed by atoms with Gasteiger partial charge in [-0.15, -0.1) is 0 Å². The molecule has 1 unspecified atom stereocenters. The minimum atomic E-state index is -2.80. The zero-order chi connectivity index (χ0) is 15.5. The molecule has 0 saturated carbocycles. The van der Waals surface area contributed by atoms with Crippen molar-refractivity contribution in [2.24, 2.45) is 0 Å². The van der Waals surface area contributed by atoms with E-state index in [1.54, 1.807) is 12.1 Å². The van der Waals surface area contributed by atoms with Gasteiger partial charge in [-0.2, -0.15) is 8.78 Å². The van der Waals surface area contributed by atoms with E-state index in [2.05, 4.69) is 10.1 Å². The van der Waals surface area contributed by atoms with Gasteiger partial charge in [-0.25, -0.2) is 0 Å². The molecule has 0 spiro atoms. The molecule has 1 aliphatic heterocycles. The lowest BCUT2D eigenvalue weighted by Crippen LogP contribution is -2.32. The first-order chi connectivity index (χ1) is 9.85. The quantitative estimate of drug-likeness (QED) is 0.876. The summed E-state index contributed by atoms with van der Waals surface area (Å²) in [6.07, 6.45) is 0.0175. The highest BCUT2D eigenvalue weighted by molar-refractivity contribution is 5.28. The van der Waals surface area contributed by atoms with Gasteiger partial charge in [-0.1, -0.05) is 12.1 Å². The fraction of sp³-hybridized carbons (Fsp3) is 0.600. The van der Waals surface area contributed by atoms with Crippen LogP contribution in [0.25, 0.3) is 0 Å². The van der Waals surface area contributed by atoms with Crippen LogP contribution in [-0.2, 0) is 9.47 Å². The van der Waals surface area contributed by atoms with Crippen LogP contribution in [0.5, 0.6) is 5.75 Å². The summed E-state index contributed by atoms with van der Waals surface area (Å²) in [6.45, 7) is 4.21. The van der Waals surface area contributed by atoms with Crippen LogP contribution in [-0.4, -0.2) is 31.7 Å². The molecule has 1 aromatic rings. The van der Waals surface area contributed by atoms with Gasteiger partial charge in [-0.3, -0.25) is 0 Å². The van der Waals surface area contributed by atoms with Crippen LogP contribution in [0.1, 0.15) is 32.4 Å². The Hall–Kier alpha value is -1.24. The molecule has 1 aliphatic rings. The lowest BCUT2D eigenvalue weighted by molar-refractivity contribution is -0.137. The molecule has 1 heterocycles. The highest BCUT2D eigenvalue weighted by Gasteiger charge is 2.32. The largest absolute Gasteiger partial charge is 0.435 e. The smallest absolute Gasteiger partial charge is 0.387 e. The maximum Gasteiger partial charge on any atom is 0.387 e. The van der Waals surface area contributed by atoms with E-state index in [0.29, 0.717) is 13.2 Å². The predicted molar refractivity (Wildman–Crippen MR) is 74.4 cm³/mol. The van der Waals surface area contributed by atoms with Crippen molar-refractivity contribution in [3.8, 4) is 5.75 Å². The van der Waals surface area contributed by atoms with E-state index in [4.69, 9.17) is 9.47 Å². The van der Waals surface area contributed by atoms with Crippen molar-refractivity contribution in [3.05, 3.63) is 29.8 Å². The number of ether oxygens (including phenoxy) is 3. The highest BCUT2D eigenvalue weighted by atomic mass is 19.3. The van der Waals surface area contributed by atoms with Crippen molar-refractivity contribution in [3.63, 3.8) is 0 Å². The van der Waals surface area contributed by atoms with Crippen LogP contribution in [0, 0.1) is 0 Å². The fourth-order valence-electron chi connectivity index (χ4n) is 2.23. The standard InChI is InChI=1S/C15H21F2NO3/c1-10(18-8-13-9-19-15(2,3)21-13)11-4-6-12(7-5-11)20-14(16)17/h4-7,10,13-14,18H,8-9H2,1-3H3/t10?,13-/m1/s1. The second kappa shape index (κ2) is 6.68. The van der Waals surface area contributed by atoms with E-state index in [1.165, 1.54) is 12.1 Å². The Morgan fingerprint density at radius 2 is 2.00 bits per heavy atom. The molecule has 118 valence electrons. The summed E-state index contributed by atoms with van der Waals surface area (Å²) < 4.78 is 39.7. The number of halogens is 2. The van der Waals surface area contributed by atoms with Crippen LogP contribution in [0.4, 0.5) is 8.78 Å². The van der Waals surface area contributed by atoms with Gasteiger partial charge in [0.1, 0.15) is 5.75 Å². The Morgan fingerprint density at radius 1 is 1.33 bits per heavy atom. The third-order valence-electron chi connectivity index (χ3n) is 3.32. The molecule has 0 aliphatic carbocycles. The van der Waals surface area contributed by atoms with Crippen molar-refractivity contribution >= 4 is 0 Å². The van der Waals surface area contributed by atoms with E-state index in [-0.39, 0.29) is 17.9 Å². The van der Waals surface area contributed by atoms with Gasteiger partial charge >= 0.3 is 6.61 Å². The SMILES string of the molecule is CC(NC[C@@H]1COC(C)(C)O1)c1ccc(OC(F)F)cc1. The zero-order valence-electron chi connectivity index (χ0n) is 12.4. The van der Waals surface area contributed by atoms with Crippen LogP contribution in [0.15, 0.2) is 24.3 Å². The van der Waals surface area contributed by atoms with E-state index < -0.39 is 12.4 Å². The van der Waals surface area contributed by atoms with Crippen LogP contribution < -0.4 is 10.1 Å².